The fourth-order valence-corrected chi connectivity index (χ4v) is 3.78. The Kier molecular flexibility index (Phi) is 5.00. The smallest absolute Gasteiger partial charge is 0.243 e. The summed E-state index contributed by atoms with van der Waals surface area (Å²) in [7, 11) is -3.64. The monoisotopic (exact) mass is 350 g/mol. The molecule has 0 aliphatic carbocycles. The molecule has 108 valence electrons. The Morgan fingerprint density at radius 1 is 1.42 bits per heavy atom. The van der Waals surface area contributed by atoms with E-state index in [1.165, 1.54) is 22.5 Å². The number of benzene rings is 1. The molecule has 0 aliphatic heterocycles. The van der Waals surface area contributed by atoms with Crippen LogP contribution in [0.1, 0.15) is 20.8 Å². The lowest BCUT2D eigenvalue weighted by atomic mass is 10.1. The average molecular weight is 351 g/mol. The van der Waals surface area contributed by atoms with Gasteiger partial charge in [-0.15, -0.1) is 0 Å². The van der Waals surface area contributed by atoms with Crippen LogP contribution < -0.4 is 5.73 Å². The predicted octanol–water partition coefficient (Wildman–Crippen LogP) is 1.81. The Morgan fingerprint density at radius 3 is 2.42 bits per heavy atom. The van der Waals surface area contributed by atoms with Crippen molar-refractivity contribution in [2.45, 2.75) is 31.3 Å². The van der Waals surface area contributed by atoms with Crippen molar-refractivity contribution >= 4 is 31.6 Å². The number of nitrogen functional groups attached to an aromatic ring is 1. The van der Waals surface area contributed by atoms with Crippen LogP contribution in [0.4, 0.5) is 5.69 Å². The van der Waals surface area contributed by atoms with Gasteiger partial charge in [-0.05, 0) is 48.0 Å². The number of sulfonamides is 1. The molecule has 19 heavy (non-hydrogen) atoms. The molecule has 5 nitrogen and oxygen atoms in total. The van der Waals surface area contributed by atoms with Crippen molar-refractivity contribution in [3.05, 3.63) is 22.7 Å². The topological polar surface area (TPSA) is 83.6 Å². The summed E-state index contributed by atoms with van der Waals surface area (Å²) in [6, 6.07) is 4.47. The van der Waals surface area contributed by atoms with Gasteiger partial charge in [-0.1, -0.05) is 6.92 Å². The summed E-state index contributed by atoms with van der Waals surface area (Å²) in [5.74, 6) is 0. The van der Waals surface area contributed by atoms with Crippen LogP contribution >= 0.6 is 15.9 Å². The number of halogens is 1. The van der Waals surface area contributed by atoms with Gasteiger partial charge < -0.3 is 10.8 Å². The highest BCUT2D eigenvalue weighted by Crippen LogP contribution is 2.25. The van der Waals surface area contributed by atoms with E-state index in [2.05, 4.69) is 15.9 Å². The Balaban J connectivity index is 3.17. The lowest BCUT2D eigenvalue weighted by molar-refractivity contribution is 0.0601. The Bertz CT molecular complexity index is 553. The van der Waals surface area contributed by atoms with Crippen molar-refractivity contribution in [3.8, 4) is 0 Å². The van der Waals surface area contributed by atoms with Crippen LogP contribution in [0.15, 0.2) is 27.6 Å². The van der Waals surface area contributed by atoms with Crippen molar-refractivity contribution in [1.29, 1.82) is 0 Å². The molecule has 7 heteroatoms. The Morgan fingerprint density at radius 2 is 2.00 bits per heavy atom. The third-order valence-electron chi connectivity index (χ3n) is 2.53. The summed E-state index contributed by atoms with van der Waals surface area (Å²) in [5.41, 5.74) is 5.03. The van der Waals surface area contributed by atoms with Gasteiger partial charge in [0.2, 0.25) is 10.0 Å². The number of rotatable bonds is 5. The second kappa shape index (κ2) is 5.78. The molecule has 3 N–H and O–H groups in total. The lowest BCUT2D eigenvalue weighted by Gasteiger charge is -2.27. The van der Waals surface area contributed by atoms with Gasteiger partial charge in [-0.3, -0.25) is 0 Å². The number of nitrogens with two attached hydrogens (primary N) is 1. The molecular weight excluding hydrogens is 332 g/mol. The second-order valence-electron chi connectivity index (χ2n) is 4.93. The van der Waals surface area contributed by atoms with Crippen molar-refractivity contribution < 1.29 is 13.5 Å². The number of hydrogen-bond acceptors (Lipinski definition) is 4. The molecule has 0 aromatic heterocycles. The van der Waals surface area contributed by atoms with Gasteiger partial charge in [0.1, 0.15) is 0 Å². The first-order valence-electron chi connectivity index (χ1n) is 5.85. The maximum atomic E-state index is 12.5. The minimum atomic E-state index is -3.64. The summed E-state index contributed by atoms with van der Waals surface area (Å²) in [5, 5.41) is 9.79. The predicted molar refractivity (Wildman–Crippen MR) is 79.3 cm³/mol. The fraction of sp³-hybridized carbons (Fsp3) is 0.500. The van der Waals surface area contributed by atoms with Gasteiger partial charge in [-0.25, -0.2) is 8.42 Å². The number of nitrogens with zero attached hydrogens (tertiary/aromatic N) is 1. The van der Waals surface area contributed by atoms with Gasteiger partial charge >= 0.3 is 0 Å². The number of likely N-dealkylation sites (N-methyl/N-ethyl adjacent to an activating group) is 1. The van der Waals surface area contributed by atoms with E-state index in [0.717, 1.165) is 0 Å². The molecule has 0 saturated carbocycles. The molecule has 0 heterocycles. The molecule has 1 aromatic rings. The van der Waals surface area contributed by atoms with Crippen molar-refractivity contribution in [1.82, 2.24) is 4.31 Å². The maximum absolute atomic E-state index is 12.5. The first-order valence-corrected chi connectivity index (χ1v) is 8.09. The molecule has 0 bridgehead atoms. The highest BCUT2D eigenvalue weighted by Gasteiger charge is 2.28. The van der Waals surface area contributed by atoms with E-state index in [1.54, 1.807) is 20.8 Å². The summed E-state index contributed by atoms with van der Waals surface area (Å²) >= 11 is 3.21. The Hall–Kier alpha value is -0.630. The lowest BCUT2D eigenvalue weighted by Crippen LogP contribution is -2.42. The van der Waals surface area contributed by atoms with E-state index < -0.39 is 15.6 Å². The summed E-state index contributed by atoms with van der Waals surface area (Å²) in [6.45, 7) is 5.20. The van der Waals surface area contributed by atoms with E-state index in [0.29, 0.717) is 10.2 Å². The SMILES string of the molecule is CCN(CC(C)(C)O)S(=O)(=O)c1ccc(N)c(Br)c1. The van der Waals surface area contributed by atoms with E-state index in [-0.39, 0.29) is 18.0 Å². The van der Waals surface area contributed by atoms with Gasteiger partial charge in [-0.2, -0.15) is 4.31 Å². The van der Waals surface area contributed by atoms with Crippen LogP contribution in [0.3, 0.4) is 0 Å². The van der Waals surface area contributed by atoms with Crippen LogP contribution in [-0.2, 0) is 10.0 Å². The summed E-state index contributed by atoms with van der Waals surface area (Å²) in [6.07, 6.45) is 0. The quantitative estimate of drug-likeness (QED) is 0.793. The molecule has 0 spiro atoms. The number of anilines is 1. The summed E-state index contributed by atoms with van der Waals surface area (Å²) < 4.78 is 26.7. The highest BCUT2D eigenvalue weighted by molar-refractivity contribution is 9.10. The molecule has 0 fully saturated rings. The number of hydrogen-bond donors (Lipinski definition) is 2. The van der Waals surface area contributed by atoms with Crippen molar-refractivity contribution in [2.75, 3.05) is 18.8 Å². The standard InChI is InChI=1S/C12H19BrN2O3S/c1-4-15(8-12(2,3)16)19(17,18)9-5-6-11(14)10(13)7-9/h5-7,16H,4,8,14H2,1-3H3. The number of aliphatic hydroxyl groups is 1. The zero-order valence-corrected chi connectivity index (χ0v) is 13.6. The van der Waals surface area contributed by atoms with Crippen LogP contribution in [0, 0.1) is 0 Å². The third kappa shape index (κ3) is 4.17. The van der Waals surface area contributed by atoms with E-state index in [1.807, 2.05) is 0 Å². The highest BCUT2D eigenvalue weighted by atomic mass is 79.9. The van der Waals surface area contributed by atoms with Gasteiger partial charge in [0.25, 0.3) is 0 Å². The minimum Gasteiger partial charge on any atom is -0.398 e. The minimum absolute atomic E-state index is 0.0355. The molecule has 1 rings (SSSR count). The molecule has 1 aromatic carbocycles. The second-order valence-corrected chi connectivity index (χ2v) is 7.72. The fourth-order valence-electron chi connectivity index (χ4n) is 1.62. The van der Waals surface area contributed by atoms with Gasteiger partial charge in [0.05, 0.1) is 10.5 Å². The van der Waals surface area contributed by atoms with Crippen LogP contribution in [0.2, 0.25) is 0 Å². The first-order chi connectivity index (χ1) is 8.58. The summed E-state index contributed by atoms with van der Waals surface area (Å²) in [4.78, 5) is 0.152. The average Bonchev–Trinajstić information content (AvgIpc) is 2.28. The van der Waals surface area contributed by atoms with Crippen LogP contribution in [-0.4, -0.2) is 36.5 Å². The first kappa shape index (κ1) is 16.4. The molecule has 0 unspecified atom stereocenters. The van der Waals surface area contributed by atoms with Gasteiger partial charge in [0.15, 0.2) is 0 Å². The van der Waals surface area contributed by atoms with Crippen molar-refractivity contribution in [3.63, 3.8) is 0 Å². The maximum Gasteiger partial charge on any atom is 0.243 e. The van der Waals surface area contributed by atoms with E-state index in [9.17, 15) is 13.5 Å². The molecule has 0 atom stereocenters. The van der Waals surface area contributed by atoms with E-state index in [4.69, 9.17) is 5.73 Å². The van der Waals surface area contributed by atoms with Crippen LogP contribution in [0.5, 0.6) is 0 Å². The van der Waals surface area contributed by atoms with Crippen LogP contribution in [0.25, 0.3) is 0 Å². The zero-order valence-electron chi connectivity index (χ0n) is 11.2. The molecule has 0 radical (unpaired) electrons. The molecule has 0 saturated heterocycles. The van der Waals surface area contributed by atoms with Gasteiger partial charge in [0, 0.05) is 23.2 Å². The van der Waals surface area contributed by atoms with Crippen molar-refractivity contribution in [2.24, 2.45) is 0 Å². The normalized spacial score (nSPS) is 12.9. The molecular formula is C12H19BrN2O3S. The largest absolute Gasteiger partial charge is 0.398 e. The van der Waals surface area contributed by atoms with E-state index >= 15 is 0 Å². The molecule has 0 aliphatic rings. The molecule has 0 amide bonds. The Labute approximate surface area is 122 Å². The zero-order chi connectivity index (χ0) is 14.8. The third-order valence-corrected chi connectivity index (χ3v) is 5.13.